The number of carbonyl (C=O) groups excluding carboxylic acids is 5. The number of rotatable bonds is 24. The van der Waals surface area contributed by atoms with E-state index in [-0.39, 0.29) is 152 Å². The number of nitrogens with one attached hydrogen (secondary N) is 8. The molecule has 0 saturated carbocycles. The number of carbonyl (C=O) groups is 6. The van der Waals surface area contributed by atoms with Crippen molar-refractivity contribution >= 4 is 154 Å². The Labute approximate surface area is 872 Å². The second-order valence-electron chi connectivity index (χ2n) is 32.1. The summed E-state index contributed by atoms with van der Waals surface area (Å²) >= 11 is 5.72. The van der Waals surface area contributed by atoms with Gasteiger partial charge in [-0.25, -0.2) is 24.9 Å². The molecule has 795 valence electrons. The predicted molar refractivity (Wildman–Crippen MR) is 529 cm³/mol. The number of imidazole rings is 5. The first-order valence-corrected chi connectivity index (χ1v) is 45.9. The first-order chi connectivity index (χ1) is 68.7. The van der Waals surface area contributed by atoms with Gasteiger partial charge in [0.1, 0.15) is 54.9 Å². The van der Waals surface area contributed by atoms with Crippen LogP contribution < -0.4 is 84.8 Å². The molecule has 55 nitrogen and oxygen atoms in total. The molecule has 17 N–H and O–H groups in total. The summed E-state index contributed by atoms with van der Waals surface area (Å²) in [6, 6.07) is 16.2. The van der Waals surface area contributed by atoms with Gasteiger partial charge < -0.3 is 121 Å². The van der Waals surface area contributed by atoms with Crippen LogP contribution in [0.5, 0.6) is 0 Å². The van der Waals surface area contributed by atoms with Gasteiger partial charge in [-0.1, -0.05) is 63.6 Å². The molecular weight excluding hydrogens is 1990 g/mol. The number of esters is 5. The van der Waals surface area contributed by atoms with Crippen LogP contribution in [0, 0.1) is 13.8 Å². The zero-order chi connectivity index (χ0) is 106. The summed E-state index contributed by atoms with van der Waals surface area (Å²) in [4.78, 5) is 180. The molecule has 2 aromatic carbocycles. The van der Waals surface area contributed by atoms with Gasteiger partial charge in [0.05, 0.1) is 69.0 Å². The number of aliphatic carboxylic acids is 1. The van der Waals surface area contributed by atoms with Crippen molar-refractivity contribution in [2.75, 3.05) is 96.2 Å². The van der Waals surface area contributed by atoms with E-state index in [9.17, 15) is 68.4 Å². The summed E-state index contributed by atoms with van der Waals surface area (Å²) < 4.78 is 84.6. The number of carboxylic acid groups (broad SMARTS) is 1. The van der Waals surface area contributed by atoms with Gasteiger partial charge in [0.15, 0.2) is 105 Å². The van der Waals surface area contributed by atoms with Gasteiger partial charge >= 0.3 is 59.4 Å². The predicted octanol–water partition coefficient (Wildman–Crippen LogP) is -0.548. The molecule has 59 heteroatoms. The number of hydrogen-bond donors (Lipinski definition) is 16. The number of ether oxygens (including phenoxy) is 14. The first-order valence-electron chi connectivity index (χ1n) is 44.5. The van der Waals surface area contributed by atoms with Gasteiger partial charge in [0, 0.05) is 109 Å². The van der Waals surface area contributed by atoms with Crippen LogP contribution in [0.3, 0.4) is 0 Å². The van der Waals surface area contributed by atoms with Crippen molar-refractivity contribution in [1.29, 1.82) is 0 Å². The van der Waals surface area contributed by atoms with Gasteiger partial charge in [-0.15, -0.1) is 24.4 Å². The molecule has 15 heterocycles. The number of thiol groups is 1. The first kappa shape index (κ1) is 121. The molecule has 5 aliphatic heterocycles. The minimum atomic E-state index is -1.01. The Bertz CT molecular complexity index is 6680. The minimum Gasteiger partial charge on any atom is -1.00 e. The van der Waals surface area contributed by atoms with E-state index in [1.807, 2.05) is 76.2 Å². The van der Waals surface area contributed by atoms with E-state index < -0.39 is 151 Å². The number of benzene rings is 2. The Hall–Kier alpha value is -12.6. The van der Waals surface area contributed by atoms with Crippen LogP contribution in [0.15, 0.2) is 114 Å². The number of aliphatic hydroxyl groups is 4. The molecular formula is C88H122BN25NaO30S2. The molecule has 0 spiro atoms. The Morgan fingerprint density at radius 1 is 0.429 bits per heavy atom. The fourth-order valence-electron chi connectivity index (χ4n) is 15.7. The maximum Gasteiger partial charge on any atom is 1.00 e. The molecule has 147 heavy (non-hydrogen) atoms. The number of H-pyrrole nitrogens is 5. The van der Waals surface area contributed by atoms with E-state index in [1.54, 1.807) is 39.6 Å². The van der Waals surface area contributed by atoms with E-state index in [1.165, 1.54) is 122 Å². The molecule has 10 aromatic heterocycles. The summed E-state index contributed by atoms with van der Waals surface area (Å²) in [5.74, 6) is -1.84. The van der Waals surface area contributed by atoms with E-state index in [0.29, 0.717) is 54.0 Å². The Morgan fingerprint density at radius 3 is 0.939 bits per heavy atom. The summed E-state index contributed by atoms with van der Waals surface area (Å²) in [6.07, 6.45) is -3.87. The molecule has 12 aromatic rings. The monoisotopic (exact) mass is 2110 g/mol. The van der Waals surface area contributed by atoms with Gasteiger partial charge in [-0.05, 0) is 57.4 Å². The number of aromatic nitrogens is 20. The number of nitrogen functional groups attached to an aromatic ring is 2. The number of anilines is 5. The van der Waals surface area contributed by atoms with Crippen LogP contribution in [0.2, 0.25) is 0 Å². The summed E-state index contributed by atoms with van der Waals surface area (Å²) in [7, 11) is 10.7. The van der Waals surface area contributed by atoms with Crippen LogP contribution in [-0.4, -0.2) is 328 Å². The van der Waals surface area contributed by atoms with Gasteiger partial charge in [-0.2, -0.15) is 24.9 Å². The average molecular weight is 2110 g/mol. The number of aryl methyl sites for hydroxylation is 2. The largest absolute Gasteiger partial charge is 1.00 e. The van der Waals surface area contributed by atoms with Crippen molar-refractivity contribution in [1.82, 2.24) is 97.6 Å². The van der Waals surface area contributed by atoms with Crippen molar-refractivity contribution in [3.63, 3.8) is 0 Å². The second kappa shape index (κ2) is 56.0. The van der Waals surface area contributed by atoms with E-state index in [0.717, 1.165) is 16.7 Å². The van der Waals surface area contributed by atoms with Crippen molar-refractivity contribution in [3.8, 4) is 0 Å². The van der Waals surface area contributed by atoms with Crippen molar-refractivity contribution in [3.05, 3.63) is 143 Å². The van der Waals surface area contributed by atoms with Gasteiger partial charge in [0.2, 0.25) is 29.7 Å². The summed E-state index contributed by atoms with van der Waals surface area (Å²) in [5.41, 5.74) is 13.9. The molecule has 0 aliphatic carbocycles. The zero-order valence-corrected chi connectivity index (χ0v) is 86.7. The molecule has 5 fully saturated rings. The Balaban J connectivity index is 0.000000270. The molecule has 0 amide bonds. The Morgan fingerprint density at radius 2 is 0.687 bits per heavy atom. The van der Waals surface area contributed by atoms with E-state index >= 15 is 0 Å². The SMILES string of the molecule is C.CC(=O)O.CC(=O)OC(C)=O.CC[C@H]1O[C@@H](n2cnc3c(=O)[nH]c(N)nc32)C(OC)[C@H]1OC(C)=O.CC[C@H]1O[C@@H](n2cnc3c(=O)[nH]c(NC)nc32)C(OC)[C@H]1OC(C)=O.CC[C@H]1O[C@@H](n2cnc3c(=O)[nH]c(NCSc4ccc(C)cc4)nc32)C(OC)[C@H]1OC(C)=O.CNc1nc2c(ncn2[C@@H]2O[C@H](CO)[C@H](O)C2OC)c(=O)[nH]1.COC1[C@@H](O)[C@@H](CO)O[C@H]1n1cnc2c(=O)[nH]c(N)nc21.Cc1ccc(S)cc1.[B].[H-].[Na+]. The molecule has 5 saturated heterocycles. The molecule has 17 rings (SSSR count). The van der Waals surface area contributed by atoms with Crippen molar-refractivity contribution < 1.29 is 152 Å². The number of nitrogens with zero attached hydrogens (tertiary/aromatic N) is 15. The van der Waals surface area contributed by atoms with Crippen LogP contribution in [0.1, 0.15) is 133 Å². The number of hydrogen-bond acceptors (Lipinski definition) is 46. The summed E-state index contributed by atoms with van der Waals surface area (Å²) in [5, 5.41) is 54.7. The van der Waals surface area contributed by atoms with E-state index in [4.69, 9.17) is 82.9 Å². The standard InChI is InChI=1S/C22H27N5O5S.C15H21N5O5.C14H19N5O5.C12H17N5O5.C11H15N5O5.C7H8S.C4H6O3.C2H4O2.CH4.B.Na.H/c1-5-15-17(31-13(3)28)18(30-4)21(32-15)27-10-23-16-19(27)25-22(26-20(16)29)24-11-33-14-8-6-12(2)7-9-14;1-5-8-10(24-7(2)21)11(23-4)14(25-8)20-6-17-9-12(20)18-15(16-3)19-13(9)22;1-4-7-9(23-6(2)20)10(22-3)13(24-7)19-5-16-8-11(19)17-14(15)18-12(8)21;1-13-12-15-9-6(10(20)16-12)14-4-17(9)11-8(21-2)7(19)5(3-18)22-11;1-20-7-6(18)4(2-17)21-10(7)16-3-13-5-8(16)14-11(12)15-9(5)19;1-6-2-4-7(8)5-3-6;1-3(5)7-4(2)6;1-2(3)4;;;;/h6-10,15,17-18,21H,5,11H2,1-4H3,(H2,24,25,26,29);6,8,10-11,14H,5H2,1-4H3,(H2,16,18,19,22);5,7,9-10,13H,4H2,1-3H3,(H3,15,17,18,21);4-5,7-8,11,18-19H,3H2,1-2H3,(H2,13,15,16,20);3-4,6-7,10,17-18H,2H2,1H3,(H3,12,14,15,19);2-5,8H,1H3;1-2H3;1H3,(H,3,4);1H4;;;/q;;;;;;;;;;+1;-1/t15-,17+,18?,21-;8-,10+,11?,14-;7-,9+,10?,13-;5-,7+,8?,11-;4-,6+,7?,10-;;;;;;;/m11111......./s1. The van der Waals surface area contributed by atoms with Crippen molar-refractivity contribution in [2.24, 2.45) is 0 Å². The van der Waals surface area contributed by atoms with Crippen LogP contribution in [0.4, 0.5) is 29.7 Å². The number of nitrogens with two attached hydrogens (primary N) is 2. The molecule has 0 bridgehead atoms. The van der Waals surface area contributed by atoms with Crippen molar-refractivity contribution in [2.45, 2.75) is 235 Å². The number of aromatic amines is 5. The minimum absolute atomic E-state index is 0. The normalized spacial score (nSPS) is 23.3. The number of carboxylic acids is 1. The Kier molecular flexibility index (Phi) is 46.2. The fourth-order valence-corrected chi connectivity index (χ4v) is 16.6. The van der Waals surface area contributed by atoms with Gasteiger partial charge in [-0.3, -0.25) is 100 Å². The fraction of sp³-hybridized carbons (Fsp3) is 0.511. The molecule has 20 atom stereocenters. The maximum absolute atomic E-state index is 12.6. The third-order valence-corrected chi connectivity index (χ3v) is 23.4. The molecule has 5 aliphatic rings. The topological polar surface area (TPSA) is 739 Å². The number of aliphatic hydroxyl groups excluding tert-OH is 4. The van der Waals surface area contributed by atoms with Crippen LogP contribution in [0.25, 0.3) is 55.8 Å². The zero-order valence-electron chi connectivity index (χ0n) is 84.0. The van der Waals surface area contributed by atoms with Crippen LogP contribution in [-0.2, 0) is 95.1 Å². The maximum atomic E-state index is 12.6. The smallest absolute Gasteiger partial charge is 1.00 e. The quantitative estimate of drug-likeness (QED) is 0.00686. The summed E-state index contributed by atoms with van der Waals surface area (Å²) in [6.45, 7) is 16.7. The third kappa shape index (κ3) is 29.7. The van der Waals surface area contributed by atoms with E-state index in [2.05, 4.69) is 115 Å². The molecule has 3 radical (unpaired) electrons. The number of methoxy groups -OCH3 is 5. The third-order valence-electron chi connectivity index (χ3n) is 22.2. The second-order valence-corrected chi connectivity index (χ2v) is 33.7. The number of fused-ring (bicyclic) bond motifs is 5. The average Bonchev–Trinajstić information content (AvgIpc) is 1.64. The number of thioether (sulfide) groups is 1. The molecule has 5 unspecified atom stereocenters. The van der Waals surface area contributed by atoms with Crippen LogP contribution >= 0.6 is 24.4 Å². The van der Waals surface area contributed by atoms with Gasteiger partial charge in [0.25, 0.3) is 33.8 Å².